The van der Waals surface area contributed by atoms with Crippen LogP contribution in [0.1, 0.15) is 19.3 Å². The van der Waals surface area contributed by atoms with Crippen LogP contribution >= 0.6 is 11.3 Å². The number of nitrogens with one attached hydrogen (secondary N) is 2. The van der Waals surface area contributed by atoms with Gasteiger partial charge in [0.1, 0.15) is 10.6 Å². The van der Waals surface area contributed by atoms with Crippen LogP contribution in [0.15, 0.2) is 11.4 Å². The van der Waals surface area contributed by atoms with E-state index in [0.29, 0.717) is 11.9 Å². The summed E-state index contributed by atoms with van der Waals surface area (Å²) in [5.74, 6) is 6.87. The van der Waals surface area contributed by atoms with Gasteiger partial charge in [0.05, 0.1) is 11.5 Å². The number of aromatic nitrogens is 2. The molecule has 0 spiro atoms. The maximum atomic E-state index is 9.84. The fourth-order valence-electron chi connectivity index (χ4n) is 2.54. The van der Waals surface area contributed by atoms with Crippen LogP contribution in [-0.4, -0.2) is 27.7 Å². The molecule has 1 fully saturated rings. The molecule has 0 radical (unpaired) electrons. The van der Waals surface area contributed by atoms with Crippen LogP contribution in [0.3, 0.4) is 0 Å². The van der Waals surface area contributed by atoms with Crippen molar-refractivity contribution in [3.63, 3.8) is 0 Å². The lowest BCUT2D eigenvalue weighted by atomic mass is 10.1. The molecule has 0 aliphatic heterocycles. The van der Waals surface area contributed by atoms with Crippen molar-refractivity contribution in [2.75, 3.05) is 17.3 Å². The maximum absolute atomic E-state index is 9.84. The van der Waals surface area contributed by atoms with Crippen molar-refractivity contribution in [2.24, 2.45) is 11.8 Å². The van der Waals surface area contributed by atoms with E-state index in [4.69, 9.17) is 5.84 Å². The van der Waals surface area contributed by atoms with Crippen molar-refractivity contribution < 1.29 is 5.11 Å². The minimum absolute atomic E-state index is 0.195. The molecule has 0 saturated heterocycles. The van der Waals surface area contributed by atoms with Crippen LogP contribution in [0.4, 0.5) is 11.8 Å². The molecule has 1 saturated carbocycles. The predicted octanol–water partition coefficient (Wildman–Crippen LogP) is 1.55. The Morgan fingerprint density at radius 1 is 1.42 bits per heavy atom. The number of thiophene rings is 1. The summed E-state index contributed by atoms with van der Waals surface area (Å²) in [6, 6.07) is 1.99. The summed E-state index contributed by atoms with van der Waals surface area (Å²) in [5.41, 5.74) is 2.48. The molecule has 1 aliphatic carbocycles. The maximum Gasteiger partial charge on any atom is 0.240 e. The molecule has 2 unspecified atom stereocenters. The molecule has 2 aromatic rings. The third-order valence-electron chi connectivity index (χ3n) is 3.60. The van der Waals surface area contributed by atoms with E-state index in [-0.39, 0.29) is 6.10 Å². The summed E-state index contributed by atoms with van der Waals surface area (Å²) in [7, 11) is 0. The summed E-state index contributed by atoms with van der Waals surface area (Å²) < 4.78 is 0. The van der Waals surface area contributed by atoms with Gasteiger partial charge in [0, 0.05) is 12.5 Å². The SMILES string of the molecule is NNc1nc(NCC2CCCC2O)c2ccsc2n1. The lowest BCUT2D eigenvalue weighted by molar-refractivity contribution is 0.138. The number of hydrogen-bond acceptors (Lipinski definition) is 7. The molecule has 19 heavy (non-hydrogen) atoms. The molecule has 7 heteroatoms. The molecule has 102 valence electrons. The Hall–Kier alpha value is -1.44. The van der Waals surface area contributed by atoms with E-state index in [2.05, 4.69) is 20.7 Å². The van der Waals surface area contributed by atoms with Gasteiger partial charge in [0.2, 0.25) is 5.95 Å². The highest BCUT2D eigenvalue weighted by atomic mass is 32.1. The largest absolute Gasteiger partial charge is 0.393 e. The predicted molar refractivity (Wildman–Crippen MR) is 77.1 cm³/mol. The quantitative estimate of drug-likeness (QED) is 0.501. The summed E-state index contributed by atoms with van der Waals surface area (Å²) in [4.78, 5) is 9.54. The van der Waals surface area contributed by atoms with E-state index in [1.54, 1.807) is 11.3 Å². The van der Waals surface area contributed by atoms with E-state index in [1.807, 2.05) is 11.4 Å². The number of aliphatic hydroxyl groups is 1. The Labute approximate surface area is 115 Å². The number of fused-ring (bicyclic) bond motifs is 1. The molecule has 5 N–H and O–H groups in total. The number of hydrogen-bond donors (Lipinski definition) is 4. The van der Waals surface area contributed by atoms with Crippen LogP contribution in [0.25, 0.3) is 10.2 Å². The van der Waals surface area contributed by atoms with Gasteiger partial charge in [0.25, 0.3) is 0 Å². The van der Waals surface area contributed by atoms with Gasteiger partial charge in [-0.15, -0.1) is 11.3 Å². The van der Waals surface area contributed by atoms with E-state index >= 15 is 0 Å². The first kappa shape index (κ1) is 12.6. The number of rotatable bonds is 4. The average Bonchev–Trinajstić information content (AvgIpc) is 3.04. The van der Waals surface area contributed by atoms with Gasteiger partial charge in [-0.3, -0.25) is 5.43 Å². The lowest BCUT2D eigenvalue weighted by Crippen LogP contribution is -2.22. The Balaban J connectivity index is 1.81. The van der Waals surface area contributed by atoms with Crippen molar-refractivity contribution in [3.05, 3.63) is 11.4 Å². The standard InChI is InChI=1S/C12H17N5OS/c13-17-12-15-10(8-4-5-19-11(8)16-12)14-6-7-2-1-3-9(7)18/h4-5,7,9,18H,1-3,6,13H2,(H2,14,15,16,17). The zero-order valence-electron chi connectivity index (χ0n) is 10.5. The van der Waals surface area contributed by atoms with E-state index in [0.717, 1.165) is 41.8 Å². The number of hydrazine groups is 1. The van der Waals surface area contributed by atoms with E-state index in [9.17, 15) is 5.11 Å². The molecule has 2 atom stereocenters. The smallest absolute Gasteiger partial charge is 0.240 e. The second-order valence-corrected chi connectivity index (χ2v) is 5.71. The van der Waals surface area contributed by atoms with Gasteiger partial charge in [-0.1, -0.05) is 6.42 Å². The molecular formula is C12H17N5OS. The highest BCUT2D eigenvalue weighted by Crippen LogP contribution is 2.29. The summed E-state index contributed by atoms with van der Waals surface area (Å²) in [6.45, 7) is 0.729. The molecule has 3 rings (SSSR count). The van der Waals surface area contributed by atoms with Crippen molar-refractivity contribution in [2.45, 2.75) is 25.4 Å². The monoisotopic (exact) mass is 279 g/mol. The molecule has 6 nitrogen and oxygen atoms in total. The van der Waals surface area contributed by atoms with Gasteiger partial charge in [-0.05, 0) is 24.3 Å². The minimum atomic E-state index is -0.195. The molecule has 2 aromatic heterocycles. The number of anilines is 2. The van der Waals surface area contributed by atoms with Gasteiger partial charge in [-0.2, -0.15) is 4.98 Å². The zero-order chi connectivity index (χ0) is 13.2. The second kappa shape index (κ2) is 5.28. The number of aliphatic hydroxyl groups excluding tert-OH is 1. The van der Waals surface area contributed by atoms with E-state index in [1.165, 1.54) is 0 Å². The Kier molecular flexibility index (Phi) is 3.50. The topological polar surface area (TPSA) is 96.1 Å². The van der Waals surface area contributed by atoms with Crippen LogP contribution in [0, 0.1) is 5.92 Å². The molecule has 2 heterocycles. The zero-order valence-corrected chi connectivity index (χ0v) is 11.3. The second-order valence-electron chi connectivity index (χ2n) is 4.82. The van der Waals surface area contributed by atoms with Crippen molar-refractivity contribution in [1.29, 1.82) is 0 Å². The van der Waals surface area contributed by atoms with Crippen LogP contribution in [0.5, 0.6) is 0 Å². The highest BCUT2D eigenvalue weighted by molar-refractivity contribution is 7.16. The lowest BCUT2D eigenvalue weighted by Gasteiger charge is -2.16. The van der Waals surface area contributed by atoms with Gasteiger partial charge >= 0.3 is 0 Å². The van der Waals surface area contributed by atoms with Crippen LogP contribution in [0.2, 0.25) is 0 Å². The number of nitrogens with two attached hydrogens (primary N) is 1. The Bertz CT molecular complexity index is 572. The first-order valence-corrected chi connectivity index (χ1v) is 7.29. The average molecular weight is 279 g/mol. The highest BCUT2D eigenvalue weighted by Gasteiger charge is 2.25. The van der Waals surface area contributed by atoms with Crippen molar-refractivity contribution in [3.8, 4) is 0 Å². The minimum Gasteiger partial charge on any atom is -0.393 e. The third-order valence-corrected chi connectivity index (χ3v) is 4.41. The van der Waals surface area contributed by atoms with E-state index < -0.39 is 0 Å². The van der Waals surface area contributed by atoms with Crippen LogP contribution < -0.4 is 16.6 Å². The molecule has 1 aliphatic rings. The summed E-state index contributed by atoms with van der Waals surface area (Å²) in [5, 5.41) is 16.1. The van der Waals surface area contributed by atoms with Gasteiger partial charge in [0.15, 0.2) is 0 Å². The third kappa shape index (κ3) is 2.49. The molecular weight excluding hydrogens is 262 g/mol. The first-order chi connectivity index (χ1) is 9.28. The fraction of sp³-hybridized carbons (Fsp3) is 0.500. The Morgan fingerprint density at radius 2 is 2.32 bits per heavy atom. The molecule has 0 aromatic carbocycles. The van der Waals surface area contributed by atoms with Crippen LogP contribution in [-0.2, 0) is 0 Å². The summed E-state index contributed by atoms with van der Waals surface area (Å²) >= 11 is 1.55. The number of nitrogen functional groups attached to an aromatic ring is 1. The Morgan fingerprint density at radius 3 is 3.05 bits per heavy atom. The van der Waals surface area contributed by atoms with Crippen molar-refractivity contribution in [1.82, 2.24) is 9.97 Å². The fourth-order valence-corrected chi connectivity index (χ4v) is 3.30. The van der Waals surface area contributed by atoms with Gasteiger partial charge in [-0.25, -0.2) is 10.8 Å². The number of nitrogens with zero attached hydrogens (tertiary/aromatic N) is 2. The first-order valence-electron chi connectivity index (χ1n) is 6.41. The molecule has 0 bridgehead atoms. The summed E-state index contributed by atoms with van der Waals surface area (Å²) in [6.07, 6.45) is 2.87. The normalized spacial score (nSPS) is 22.8. The molecule has 0 amide bonds. The van der Waals surface area contributed by atoms with Crippen molar-refractivity contribution >= 4 is 33.3 Å². The van der Waals surface area contributed by atoms with Gasteiger partial charge < -0.3 is 10.4 Å².